The number of fused-ring (bicyclic) bond motifs is 1. The van der Waals surface area contributed by atoms with Crippen molar-refractivity contribution in [2.45, 2.75) is 0 Å². The second-order valence-corrected chi connectivity index (χ2v) is 2.70. The molecule has 1 N–H and O–H groups in total. The van der Waals surface area contributed by atoms with Gasteiger partial charge in [-0.1, -0.05) is 12.1 Å². The van der Waals surface area contributed by atoms with Crippen LogP contribution in [-0.2, 0) is 0 Å². The molecule has 0 unspecified atom stereocenters. The molecule has 1 amide bonds. The Morgan fingerprint density at radius 1 is 1.23 bits per heavy atom. The van der Waals surface area contributed by atoms with Gasteiger partial charge < -0.3 is 0 Å². The molecule has 1 aromatic heterocycles. The van der Waals surface area contributed by atoms with E-state index >= 15 is 0 Å². The Labute approximate surface area is 75.2 Å². The fourth-order valence-corrected chi connectivity index (χ4v) is 1.30. The van der Waals surface area contributed by atoms with Crippen molar-refractivity contribution in [3.8, 4) is 0 Å². The molecule has 0 spiro atoms. The van der Waals surface area contributed by atoms with E-state index in [4.69, 9.17) is 5.73 Å². The van der Waals surface area contributed by atoms with Crippen LogP contribution >= 0.6 is 0 Å². The van der Waals surface area contributed by atoms with Crippen molar-refractivity contribution in [3.05, 3.63) is 42.1 Å². The van der Waals surface area contributed by atoms with E-state index in [1.54, 1.807) is 30.5 Å². The van der Waals surface area contributed by atoms with Crippen molar-refractivity contribution >= 4 is 16.8 Å². The van der Waals surface area contributed by atoms with E-state index in [9.17, 15) is 4.79 Å². The van der Waals surface area contributed by atoms with Crippen molar-refractivity contribution in [1.29, 1.82) is 0 Å². The summed E-state index contributed by atoms with van der Waals surface area (Å²) in [6.45, 7) is 0. The van der Waals surface area contributed by atoms with Gasteiger partial charge in [0.1, 0.15) is 0 Å². The minimum absolute atomic E-state index is 0.408. The Hall–Kier alpha value is -1.90. The summed E-state index contributed by atoms with van der Waals surface area (Å²) >= 11 is 0. The van der Waals surface area contributed by atoms with Gasteiger partial charge in [0.05, 0.1) is 11.1 Å². The second kappa shape index (κ2) is 2.86. The molecule has 0 fully saturated rings. The Balaban J connectivity index is 2.83. The van der Waals surface area contributed by atoms with Crippen LogP contribution in [0.15, 0.2) is 36.5 Å². The maximum absolute atomic E-state index is 10.9. The van der Waals surface area contributed by atoms with Crippen LogP contribution in [0.3, 0.4) is 0 Å². The highest BCUT2D eigenvalue weighted by atomic mass is 16.1. The molecular formula is C10H7N2O. The van der Waals surface area contributed by atoms with Crippen molar-refractivity contribution in [2.75, 3.05) is 0 Å². The standard InChI is InChI=1S/C10H7N2O/c11-10(13)8-3-1-5-9-7(8)4-2-6-12-9/h1-6,11H. The van der Waals surface area contributed by atoms with Crippen LogP contribution in [0.2, 0.25) is 0 Å². The van der Waals surface area contributed by atoms with Gasteiger partial charge in [-0.25, -0.2) is 0 Å². The van der Waals surface area contributed by atoms with Crippen LogP contribution < -0.4 is 5.73 Å². The Bertz CT molecular complexity index is 460. The van der Waals surface area contributed by atoms with Gasteiger partial charge in [0, 0.05) is 11.6 Å². The molecular weight excluding hydrogens is 164 g/mol. The summed E-state index contributed by atoms with van der Waals surface area (Å²) < 4.78 is 0. The molecule has 2 rings (SSSR count). The number of amides is 1. The first-order chi connectivity index (χ1) is 6.29. The minimum atomic E-state index is -0.668. The first-order valence-electron chi connectivity index (χ1n) is 3.89. The zero-order valence-corrected chi connectivity index (χ0v) is 6.82. The third-order valence-electron chi connectivity index (χ3n) is 1.89. The molecule has 0 aliphatic carbocycles. The molecule has 0 atom stereocenters. The SMILES string of the molecule is [NH]C(=O)c1cccc2ncccc12. The summed E-state index contributed by atoms with van der Waals surface area (Å²) in [5.74, 6) is -0.668. The maximum atomic E-state index is 10.9. The number of hydrogen-bond acceptors (Lipinski definition) is 2. The molecule has 3 heteroatoms. The first kappa shape index (κ1) is 7.73. The van der Waals surface area contributed by atoms with Gasteiger partial charge in [-0.2, -0.15) is 0 Å². The van der Waals surface area contributed by atoms with E-state index < -0.39 is 5.91 Å². The van der Waals surface area contributed by atoms with E-state index in [1.165, 1.54) is 0 Å². The molecule has 2 aromatic rings. The van der Waals surface area contributed by atoms with Crippen LogP contribution in [-0.4, -0.2) is 10.9 Å². The number of pyridine rings is 1. The highest BCUT2D eigenvalue weighted by Gasteiger charge is 2.05. The Kier molecular flexibility index (Phi) is 1.70. The van der Waals surface area contributed by atoms with Gasteiger partial charge in [-0.15, -0.1) is 0 Å². The molecule has 3 nitrogen and oxygen atoms in total. The molecule has 0 aliphatic rings. The lowest BCUT2D eigenvalue weighted by atomic mass is 10.1. The molecule has 1 aromatic carbocycles. The number of hydrogen-bond donors (Lipinski definition) is 0. The lowest BCUT2D eigenvalue weighted by molar-refractivity contribution is 0.0993. The third kappa shape index (κ3) is 1.24. The van der Waals surface area contributed by atoms with Crippen LogP contribution in [0, 0.1) is 0 Å². The van der Waals surface area contributed by atoms with Gasteiger partial charge in [-0.3, -0.25) is 15.5 Å². The van der Waals surface area contributed by atoms with Crippen LogP contribution in [0.4, 0.5) is 0 Å². The molecule has 13 heavy (non-hydrogen) atoms. The van der Waals surface area contributed by atoms with Crippen molar-refractivity contribution in [2.24, 2.45) is 0 Å². The molecule has 0 saturated carbocycles. The normalized spacial score (nSPS) is 10.2. The fraction of sp³-hybridized carbons (Fsp3) is 0. The van der Waals surface area contributed by atoms with Crippen molar-refractivity contribution < 1.29 is 4.79 Å². The molecule has 1 heterocycles. The summed E-state index contributed by atoms with van der Waals surface area (Å²) in [4.78, 5) is 15.0. The van der Waals surface area contributed by atoms with Crippen LogP contribution in [0.5, 0.6) is 0 Å². The summed E-state index contributed by atoms with van der Waals surface area (Å²) in [7, 11) is 0. The number of carbonyl (C=O) groups is 1. The van der Waals surface area contributed by atoms with Gasteiger partial charge in [0.2, 0.25) is 0 Å². The quantitative estimate of drug-likeness (QED) is 0.655. The smallest absolute Gasteiger partial charge is 0.267 e. The van der Waals surface area contributed by atoms with E-state index in [0.717, 1.165) is 10.9 Å². The number of carbonyl (C=O) groups excluding carboxylic acids is 1. The highest BCUT2D eigenvalue weighted by molar-refractivity contribution is 6.04. The molecule has 63 valence electrons. The predicted molar refractivity (Wildman–Crippen MR) is 49.2 cm³/mol. The number of nitrogens with one attached hydrogen (secondary N) is 1. The lowest BCUT2D eigenvalue weighted by Gasteiger charge is -1.99. The van der Waals surface area contributed by atoms with E-state index in [1.807, 2.05) is 6.07 Å². The van der Waals surface area contributed by atoms with Crippen LogP contribution in [0.25, 0.3) is 10.9 Å². The molecule has 1 radical (unpaired) electrons. The van der Waals surface area contributed by atoms with Gasteiger partial charge >= 0.3 is 0 Å². The zero-order chi connectivity index (χ0) is 9.26. The fourth-order valence-electron chi connectivity index (χ4n) is 1.30. The topological polar surface area (TPSA) is 53.8 Å². The zero-order valence-electron chi connectivity index (χ0n) is 6.82. The van der Waals surface area contributed by atoms with Crippen molar-refractivity contribution in [3.63, 3.8) is 0 Å². The second-order valence-electron chi connectivity index (χ2n) is 2.70. The molecule has 0 saturated heterocycles. The highest BCUT2D eigenvalue weighted by Crippen LogP contribution is 2.15. The molecule has 0 aliphatic heterocycles. The summed E-state index contributed by atoms with van der Waals surface area (Å²) in [6, 6.07) is 8.75. The predicted octanol–water partition coefficient (Wildman–Crippen LogP) is 1.66. The van der Waals surface area contributed by atoms with E-state index in [-0.39, 0.29) is 0 Å². The first-order valence-corrected chi connectivity index (χ1v) is 3.89. The average Bonchev–Trinajstić information content (AvgIpc) is 2.17. The Morgan fingerprint density at radius 3 is 2.85 bits per heavy atom. The van der Waals surface area contributed by atoms with Crippen molar-refractivity contribution in [1.82, 2.24) is 10.7 Å². The van der Waals surface area contributed by atoms with Gasteiger partial charge in [-0.05, 0) is 18.2 Å². The van der Waals surface area contributed by atoms with Gasteiger partial charge in [0.25, 0.3) is 5.91 Å². The number of nitrogens with zero attached hydrogens (tertiary/aromatic N) is 1. The van der Waals surface area contributed by atoms with E-state index in [0.29, 0.717) is 5.56 Å². The Morgan fingerprint density at radius 2 is 2.08 bits per heavy atom. The summed E-state index contributed by atoms with van der Waals surface area (Å²) in [5.41, 5.74) is 8.19. The average molecular weight is 171 g/mol. The van der Waals surface area contributed by atoms with E-state index in [2.05, 4.69) is 4.98 Å². The number of benzene rings is 1. The van der Waals surface area contributed by atoms with Gasteiger partial charge in [0.15, 0.2) is 0 Å². The summed E-state index contributed by atoms with van der Waals surface area (Å²) in [6.07, 6.45) is 1.67. The summed E-state index contributed by atoms with van der Waals surface area (Å²) in [5, 5.41) is 0.741. The largest absolute Gasteiger partial charge is 0.270 e. The monoisotopic (exact) mass is 171 g/mol. The third-order valence-corrected chi connectivity index (χ3v) is 1.89. The minimum Gasteiger partial charge on any atom is -0.267 e. The molecule has 0 bridgehead atoms. The number of aromatic nitrogens is 1. The maximum Gasteiger partial charge on any atom is 0.270 e. The van der Waals surface area contributed by atoms with Crippen LogP contribution in [0.1, 0.15) is 10.4 Å². The lowest BCUT2D eigenvalue weighted by Crippen LogP contribution is -1.99. The number of rotatable bonds is 1.